The van der Waals surface area contributed by atoms with Gasteiger partial charge in [0.2, 0.25) is 0 Å². The molecule has 294 valence electrons. The van der Waals surface area contributed by atoms with Crippen LogP contribution < -0.4 is 17.2 Å². The SMILES string of the molecule is CC(C)(C)[Si](C)(C)OCC(=O)O[C@H]1[C@@H](O)[C@H](n2cnc3c(N)ncnc32)O[C@@H]1COP(=O)(O)O[C@H]1C[C@H](n2ccc(N)nc2=O)O[C@@H]1COP(=O)(O)O. The van der Waals surface area contributed by atoms with Crippen LogP contribution in [0.25, 0.3) is 11.2 Å². The largest absolute Gasteiger partial charge is 0.472 e. The standard InChI is InChI=1S/C27H42N8O15P2Si/c1-27(2,3)53(4,5)46-11-19(36)49-22-16(48-25(21(22)37)35-13-32-20-23(29)30-12-31-24(20)35)10-45-52(42,43)50-14-8-18(34-7-6-17(28)33-26(34)38)47-15(14)9-44-51(39,40)41/h6-7,12-16,18,21-22,25,37H,8-11H2,1-5H3,(H,42,43)(H2,28,33,38)(H2,29,30,31)(H2,39,40,41)/t14-,15+,16+,18+,21+,22+,25+/m0/s1. The van der Waals surface area contributed by atoms with Crippen molar-refractivity contribution < 1.29 is 65.9 Å². The summed E-state index contributed by atoms with van der Waals surface area (Å²) in [6, 6.07) is 1.29. The first-order chi connectivity index (χ1) is 24.5. The van der Waals surface area contributed by atoms with E-state index < -0.39 is 98.4 Å². The number of ether oxygens (including phenoxy) is 3. The van der Waals surface area contributed by atoms with Crippen molar-refractivity contribution in [1.82, 2.24) is 29.1 Å². The minimum atomic E-state index is -5.12. The van der Waals surface area contributed by atoms with Crippen molar-refractivity contribution in [2.75, 3.05) is 31.3 Å². The molecule has 26 heteroatoms. The number of imidazole rings is 1. The molecule has 5 heterocycles. The van der Waals surface area contributed by atoms with Gasteiger partial charge >= 0.3 is 27.3 Å². The number of carbonyl (C=O) groups is 1. The number of phosphoric ester groups is 2. The van der Waals surface area contributed by atoms with Crippen molar-refractivity contribution in [2.24, 2.45) is 0 Å². The van der Waals surface area contributed by atoms with Gasteiger partial charge in [-0.25, -0.2) is 33.7 Å². The summed E-state index contributed by atoms with van der Waals surface area (Å²) in [5.74, 6) is -0.891. The molecule has 53 heavy (non-hydrogen) atoms. The summed E-state index contributed by atoms with van der Waals surface area (Å²) >= 11 is 0. The smallest absolute Gasteiger partial charge is 0.455 e. The molecule has 0 aromatic carbocycles. The highest BCUT2D eigenvalue weighted by Crippen LogP contribution is 2.50. The van der Waals surface area contributed by atoms with Gasteiger partial charge in [-0.05, 0) is 24.2 Å². The highest BCUT2D eigenvalue weighted by molar-refractivity contribution is 7.47. The molecule has 2 aliphatic rings. The molecule has 0 bridgehead atoms. The maximum absolute atomic E-state index is 13.3. The second kappa shape index (κ2) is 15.5. The van der Waals surface area contributed by atoms with E-state index in [2.05, 4.69) is 24.5 Å². The van der Waals surface area contributed by atoms with Crippen molar-refractivity contribution in [1.29, 1.82) is 0 Å². The first kappa shape index (κ1) is 41.0. The number of fused-ring (bicyclic) bond motifs is 1. The minimum Gasteiger partial charge on any atom is -0.455 e. The van der Waals surface area contributed by atoms with E-state index in [-0.39, 0.29) is 34.3 Å². The molecule has 0 amide bonds. The van der Waals surface area contributed by atoms with Crippen molar-refractivity contribution in [2.45, 2.75) is 88.3 Å². The third kappa shape index (κ3) is 9.72. The Bertz CT molecular complexity index is 1950. The van der Waals surface area contributed by atoms with Crippen LogP contribution in [-0.4, -0.2) is 113 Å². The Morgan fingerprint density at radius 1 is 1.06 bits per heavy atom. The lowest BCUT2D eigenvalue weighted by atomic mass is 10.1. The number of aliphatic hydroxyl groups is 1. The third-order valence-electron chi connectivity index (χ3n) is 9.02. The summed E-state index contributed by atoms with van der Waals surface area (Å²) in [6.45, 7) is 7.75. The predicted octanol–water partition coefficient (Wildman–Crippen LogP) is 0.339. The summed E-state index contributed by atoms with van der Waals surface area (Å²) in [6.07, 6.45) is -6.42. The van der Waals surface area contributed by atoms with Gasteiger partial charge in [0.05, 0.1) is 19.5 Å². The highest BCUT2D eigenvalue weighted by Gasteiger charge is 2.50. The van der Waals surface area contributed by atoms with Gasteiger partial charge in [-0.15, -0.1) is 0 Å². The monoisotopic (exact) mass is 808 g/mol. The lowest BCUT2D eigenvalue weighted by Crippen LogP contribution is -2.44. The van der Waals surface area contributed by atoms with Crippen molar-refractivity contribution >= 4 is 52.7 Å². The third-order valence-corrected chi connectivity index (χ3v) is 15.0. The van der Waals surface area contributed by atoms with E-state index in [1.54, 1.807) is 0 Å². The van der Waals surface area contributed by atoms with Crippen LogP contribution >= 0.6 is 15.6 Å². The van der Waals surface area contributed by atoms with Gasteiger partial charge in [0, 0.05) is 12.6 Å². The van der Waals surface area contributed by atoms with E-state index in [0.29, 0.717) is 0 Å². The zero-order chi connectivity index (χ0) is 39.1. The van der Waals surface area contributed by atoms with Gasteiger partial charge in [-0.3, -0.25) is 22.7 Å². The number of nitrogens with zero attached hydrogens (tertiary/aromatic N) is 6. The van der Waals surface area contributed by atoms with Crippen LogP contribution in [-0.2, 0) is 46.1 Å². The zero-order valence-corrected chi connectivity index (χ0v) is 32.0. The number of aliphatic hydroxyl groups excluding tert-OH is 1. The Balaban J connectivity index is 1.34. The lowest BCUT2D eigenvalue weighted by Gasteiger charge is -2.35. The second-order valence-electron chi connectivity index (χ2n) is 13.7. The number of phosphoric acid groups is 2. The van der Waals surface area contributed by atoms with Crippen LogP contribution in [0.15, 0.2) is 29.7 Å². The summed E-state index contributed by atoms with van der Waals surface area (Å²) < 4.78 is 65.5. The van der Waals surface area contributed by atoms with E-state index in [0.717, 1.165) is 4.57 Å². The van der Waals surface area contributed by atoms with E-state index in [9.17, 15) is 38.5 Å². The first-order valence-electron chi connectivity index (χ1n) is 16.0. The van der Waals surface area contributed by atoms with Crippen LogP contribution in [0.5, 0.6) is 0 Å². The molecule has 0 spiro atoms. The number of nitrogen functional groups attached to an aromatic ring is 2. The Morgan fingerprint density at radius 3 is 2.42 bits per heavy atom. The molecule has 3 aromatic heterocycles. The number of anilines is 2. The van der Waals surface area contributed by atoms with E-state index >= 15 is 0 Å². The molecule has 0 aliphatic carbocycles. The van der Waals surface area contributed by atoms with Gasteiger partial charge in [-0.1, -0.05) is 20.8 Å². The maximum atomic E-state index is 13.3. The zero-order valence-electron chi connectivity index (χ0n) is 29.2. The molecular weight excluding hydrogens is 766 g/mol. The van der Waals surface area contributed by atoms with Crippen LogP contribution in [0, 0.1) is 0 Å². The number of hydrogen-bond donors (Lipinski definition) is 6. The number of aromatic nitrogens is 6. The topological polar surface area (TPSA) is 327 Å². The van der Waals surface area contributed by atoms with Crippen LogP contribution in [0.2, 0.25) is 18.1 Å². The van der Waals surface area contributed by atoms with E-state index in [1.165, 1.54) is 29.5 Å². The molecule has 8 atom stereocenters. The van der Waals surface area contributed by atoms with Gasteiger partial charge in [0.15, 0.2) is 32.1 Å². The average molecular weight is 809 g/mol. The fourth-order valence-corrected chi connectivity index (χ4v) is 7.46. The summed E-state index contributed by atoms with van der Waals surface area (Å²) in [5, 5.41) is 11.2. The molecule has 23 nitrogen and oxygen atoms in total. The Labute approximate surface area is 302 Å². The predicted molar refractivity (Wildman–Crippen MR) is 183 cm³/mol. The molecule has 2 fully saturated rings. The molecular formula is C27H42N8O15P2Si. The maximum Gasteiger partial charge on any atom is 0.472 e. The van der Waals surface area contributed by atoms with E-state index in [4.69, 9.17) is 39.2 Å². The molecule has 1 unspecified atom stereocenters. The van der Waals surface area contributed by atoms with Gasteiger partial charge in [0.25, 0.3) is 0 Å². The number of rotatable bonds is 14. The van der Waals surface area contributed by atoms with Gasteiger partial charge in [0.1, 0.15) is 54.9 Å². The fourth-order valence-electron chi connectivity index (χ4n) is 5.24. The molecule has 5 rings (SSSR count). The fraction of sp³-hybridized carbons (Fsp3) is 0.630. The quantitative estimate of drug-likeness (QED) is 0.0726. The van der Waals surface area contributed by atoms with Crippen LogP contribution in [0.3, 0.4) is 0 Å². The van der Waals surface area contributed by atoms with Crippen molar-refractivity contribution in [3.05, 3.63) is 35.4 Å². The Morgan fingerprint density at radius 2 is 1.75 bits per heavy atom. The molecule has 0 saturated carbocycles. The first-order valence-corrected chi connectivity index (χ1v) is 21.9. The van der Waals surface area contributed by atoms with E-state index in [1.807, 2.05) is 33.9 Å². The van der Waals surface area contributed by atoms with Crippen molar-refractivity contribution in [3.8, 4) is 0 Å². The summed E-state index contributed by atoms with van der Waals surface area (Å²) in [7, 11) is -12.6. The van der Waals surface area contributed by atoms with Crippen LogP contribution in [0.4, 0.5) is 11.6 Å². The van der Waals surface area contributed by atoms with Gasteiger partial charge < -0.3 is 49.9 Å². The van der Waals surface area contributed by atoms with Crippen LogP contribution in [0.1, 0.15) is 39.6 Å². The minimum absolute atomic E-state index is 0.0467. The molecule has 3 aromatic rings. The summed E-state index contributed by atoms with van der Waals surface area (Å²) in [5.41, 5.74) is 11.0. The molecule has 8 N–H and O–H groups in total. The Hall–Kier alpha value is -3.22. The van der Waals surface area contributed by atoms with Gasteiger partial charge in [-0.2, -0.15) is 4.98 Å². The second-order valence-corrected chi connectivity index (χ2v) is 21.2. The number of nitrogens with two attached hydrogens (primary N) is 2. The summed E-state index contributed by atoms with van der Waals surface area (Å²) in [4.78, 5) is 70.6. The number of hydrogen-bond acceptors (Lipinski definition) is 18. The average Bonchev–Trinajstić information content (AvgIpc) is 3.73. The molecule has 2 saturated heterocycles. The molecule has 2 aliphatic heterocycles. The highest BCUT2D eigenvalue weighted by atomic mass is 31.2. The molecule has 0 radical (unpaired) electrons. The Kier molecular flexibility index (Phi) is 12.0. The normalized spacial score (nSPS) is 26.5. The lowest BCUT2D eigenvalue weighted by molar-refractivity contribution is -0.159. The number of carbonyl (C=O) groups excluding carboxylic acids is 1. The van der Waals surface area contributed by atoms with Crippen molar-refractivity contribution in [3.63, 3.8) is 0 Å². The number of esters is 1.